The third-order valence-electron chi connectivity index (χ3n) is 7.98. The molecule has 9 heteroatoms. The number of hydrogen-bond acceptors (Lipinski definition) is 5. The van der Waals surface area contributed by atoms with Crippen molar-refractivity contribution in [1.82, 2.24) is 5.32 Å². The molecule has 1 amide bonds. The molecule has 7 nitrogen and oxygen atoms in total. The van der Waals surface area contributed by atoms with Gasteiger partial charge in [0, 0.05) is 34.6 Å². The number of methoxy groups -OCH3 is 1. The van der Waals surface area contributed by atoms with Gasteiger partial charge in [0.05, 0.1) is 24.4 Å². The van der Waals surface area contributed by atoms with Crippen LogP contribution in [0.4, 0.5) is 15.8 Å². The van der Waals surface area contributed by atoms with Crippen LogP contribution in [-0.4, -0.2) is 42.7 Å². The fourth-order valence-electron chi connectivity index (χ4n) is 6.35. The van der Waals surface area contributed by atoms with Gasteiger partial charge in [0.15, 0.2) is 0 Å². The largest absolute Gasteiger partial charge is 0.495 e. The number of fused-ring (bicyclic) bond motifs is 2. The molecule has 1 spiro atoms. The lowest BCUT2D eigenvalue weighted by molar-refractivity contribution is -0.118. The Bertz CT molecular complexity index is 1460. The lowest BCUT2D eigenvalue weighted by Gasteiger charge is -2.39. The van der Waals surface area contributed by atoms with Gasteiger partial charge >= 0.3 is 5.97 Å². The monoisotopic (exact) mass is 565 g/mol. The summed E-state index contributed by atoms with van der Waals surface area (Å²) >= 11 is 6.35. The summed E-state index contributed by atoms with van der Waals surface area (Å²) in [6.07, 6.45) is 0.773. The molecular weight excluding hydrogens is 533 g/mol. The van der Waals surface area contributed by atoms with Crippen molar-refractivity contribution in [3.8, 4) is 5.75 Å². The number of anilines is 2. The zero-order valence-corrected chi connectivity index (χ0v) is 23.6. The zero-order valence-electron chi connectivity index (χ0n) is 22.8. The molecular formula is C31H33ClFN3O4. The Balaban J connectivity index is 1.62. The van der Waals surface area contributed by atoms with Crippen molar-refractivity contribution in [3.05, 3.63) is 88.2 Å². The minimum Gasteiger partial charge on any atom is -0.495 e. The highest BCUT2D eigenvalue weighted by Gasteiger charge is 2.61. The van der Waals surface area contributed by atoms with Crippen molar-refractivity contribution >= 4 is 34.9 Å². The van der Waals surface area contributed by atoms with E-state index < -0.39 is 17.4 Å². The number of carboxylic acids is 1. The molecule has 0 radical (unpaired) electrons. The number of ether oxygens (including phenoxy) is 1. The van der Waals surface area contributed by atoms with Gasteiger partial charge in [-0.1, -0.05) is 50.6 Å². The molecule has 3 aromatic rings. The smallest absolute Gasteiger partial charge is 0.335 e. The number of nitrogens with one attached hydrogen (secondary N) is 3. The van der Waals surface area contributed by atoms with Crippen molar-refractivity contribution in [2.45, 2.75) is 50.6 Å². The van der Waals surface area contributed by atoms with Gasteiger partial charge in [-0.15, -0.1) is 0 Å². The van der Waals surface area contributed by atoms with Crippen molar-refractivity contribution in [2.24, 2.45) is 5.41 Å². The second-order valence-corrected chi connectivity index (χ2v) is 12.2. The van der Waals surface area contributed by atoms with Gasteiger partial charge < -0.3 is 25.8 Å². The highest BCUT2D eigenvalue weighted by molar-refractivity contribution is 6.30. The minimum atomic E-state index is -1.09. The van der Waals surface area contributed by atoms with Gasteiger partial charge in [-0.3, -0.25) is 4.79 Å². The number of rotatable bonds is 6. The van der Waals surface area contributed by atoms with Crippen molar-refractivity contribution < 1.29 is 23.8 Å². The first-order chi connectivity index (χ1) is 18.9. The molecule has 1 saturated heterocycles. The fraction of sp³-hybridized carbons (Fsp3) is 0.355. The van der Waals surface area contributed by atoms with Gasteiger partial charge in [-0.05, 0) is 65.4 Å². The summed E-state index contributed by atoms with van der Waals surface area (Å²) in [5, 5.41) is 20.2. The minimum absolute atomic E-state index is 0.0505. The van der Waals surface area contributed by atoms with Crippen LogP contribution in [0.25, 0.3) is 0 Å². The number of aromatic carboxylic acids is 1. The number of amides is 1. The van der Waals surface area contributed by atoms with Crippen LogP contribution in [0.5, 0.6) is 5.75 Å². The maximum absolute atomic E-state index is 14.1. The van der Waals surface area contributed by atoms with Gasteiger partial charge in [-0.2, -0.15) is 0 Å². The van der Waals surface area contributed by atoms with E-state index in [4.69, 9.17) is 16.3 Å². The van der Waals surface area contributed by atoms with Crippen LogP contribution in [0, 0.1) is 11.2 Å². The molecule has 1 fully saturated rings. The summed E-state index contributed by atoms with van der Waals surface area (Å²) in [6, 6.07) is 15.7. The van der Waals surface area contributed by atoms with Crippen LogP contribution in [-0.2, 0) is 10.2 Å². The SMILES string of the molecule is COc1cc(C(=O)O)ccc1NC(=O)[C@@H]1N[C@@H](CC(C)(C)C)[C@@]2(CNc3cc(Cl)ccc32)[C@H]1c1ccc(F)cc1. The van der Waals surface area contributed by atoms with E-state index in [0.29, 0.717) is 17.3 Å². The van der Waals surface area contributed by atoms with Crippen molar-refractivity contribution in [1.29, 1.82) is 0 Å². The first-order valence-corrected chi connectivity index (χ1v) is 13.6. The molecule has 0 aromatic heterocycles. The molecule has 210 valence electrons. The van der Waals surface area contributed by atoms with Gasteiger partial charge in [0.1, 0.15) is 11.6 Å². The van der Waals surface area contributed by atoms with E-state index in [-0.39, 0.29) is 40.4 Å². The Morgan fingerprint density at radius 1 is 1.12 bits per heavy atom. The molecule has 2 aliphatic rings. The van der Waals surface area contributed by atoms with Gasteiger partial charge in [0.25, 0.3) is 0 Å². The van der Waals surface area contributed by atoms with Crippen LogP contribution in [0.1, 0.15) is 54.6 Å². The fourth-order valence-corrected chi connectivity index (χ4v) is 6.52. The topological polar surface area (TPSA) is 99.7 Å². The third-order valence-corrected chi connectivity index (χ3v) is 8.21. The van der Waals surface area contributed by atoms with E-state index in [9.17, 15) is 19.1 Å². The lowest BCUT2D eigenvalue weighted by Crippen LogP contribution is -2.46. The Hall–Kier alpha value is -3.62. The number of halogens is 2. The van der Waals surface area contributed by atoms with E-state index in [0.717, 1.165) is 23.2 Å². The number of benzene rings is 3. The lowest BCUT2D eigenvalue weighted by atomic mass is 9.63. The Morgan fingerprint density at radius 3 is 2.50 bits per heavy atom. The molecule has 2 aliphatic heterocycles. The summed E-state index contributed by atoms with van der Waals surface area (Å²) in [5.41, 5.74) is 2.64. The Morgan fingerprint density at radius 2 is 1.85 bits per heavy atom. The normalized spacial score (nSPS) is 23.5. The quantitative estimate of drug-likeness (QED) is 0.290. The molecule has 3 aromatic carbocycles. The van der Waals surface area contributed by atoms with Gasteiger partial charge in [-0.25, -0.2) is 9.18 Å². The maximum atomic E-state index is 14.1. The van der Waals surface area contributed by atoms with Crippen LogP contribution in [0.15, 0.2) is 60.7 Å². The summed E-state index contributed by atoms with van der Waals surface area (Å²) in [4.78, 5) is 25.6. The predicted molar refractivity (Wildman–Crippen MR) is 154 cm³/mol. The summed E-state index contributed by atoms with van der Waals surface area (Å²) in [6.45, 7) is 7.08. The molecule has 4 atom stereocenters. The molecule has 5 rings (SSSR count). The van der Waals surface area contributed by atoms with E-state index >= 15 is 0 Å². The van der Waals surface area contributed by atoms with E-state index in [1.54, 1.807) is 12.1 Å². The Labute approximate surface area is 238 Å². The van der Waals surface area contributed by atoms with E-state index in [1.807, 2.05) is 18.2 Å². The highest BCUT2D eigenvalue weighted by Crippen LogP contribution is 2.56. The van der Waals surface area contributed by atoms with Crippen molar-refractivity contribution in [3.63, 3.8) is 0 Å². The third kappa shape index (κ3) is 5.02. The first-order valence-electron chi connectivity index (χ1n) is 13.2. The first kappa shape index (κ1) is 27.9. The molecule has 4 N–H and O–H groups in total. The van der Waals surface area contributed by atoms with Crippen LogP contribution in [0.2, 0.25) is 5.02 Å². The molecule has 0 unspecified atom stereocenters. The number of carbonyl (C=O) groups is 2. The molecule has 0 saturated carbocycles. The predicted octanol–water partition coefficient (Wildman–Crippen LogP) is 6.05. The summed E-state index contributed by atoms with van der Waals surface area (Å²) in [5.74, 6) is -1.86. The average molecular weight is 566 g/mol. The second-order valence-electron chi connectivity index (χ2n) is 11.8. The molecule has 0 bridgehead atoms. The summed E-state index contributed by atoms with van der Waals surface area (Å²) in [7, 11) is 1.42. The number of carboxylic acid groups (broad SMARTS) is 1. The van der Waals surface area contributed by atoms with Crippen molar-refractivity contribution in [2.75, 3.05) is 24.3 Å². The van der Waals surface area contributed by atoms with Crippen LogP contribution < -0.4 is 20.7 Å². The second kappa shape index (κ2) is 10.4. The Kier molecular flexibility index (Phi) is 7.27. The van der Waals surface area contributed by atoms with E-state index in [2.05, 4.69) is 36.7 Å². The molecule has 2 heterocycles. The summed E-state index contributed by atoms with van der Waals surface area (Å²) < 4.78 is 19.5. The average Bonchev–Trinajstić information content (AvgIpc) is 3.42. The molecule has 40 heavy (non-hydrogen) atoms. The standard InChI is InChI=1S/C31H33ClFN3O4/c1-30(2,3)15-25-31(16-34-23-14-19(32)8-11-21(23)31)26(17-5-9-20(33)10-6-17)27(36-25)28(37)35-22-12-7-18(29(38)39)13-24(22)40-4/h5-14,25-27,34,36H,15-16H2,1-4H3,(H,35,37)(H,38,39)/t25-,26-,27+,31-/m0/s1. The highest BCUT2D eigenvalue weighted by atomic mass is 35.5. The van der Waals surface area contributed by atoms with Crippen LogP contribution >= 0.6 is 11.6 Å². The van der Waals surface area contributed by atoms with E-state index in [1.165, 1.54) is 37.4 Å². The molecule has 0 aliphatic carbocycles. The number of carbonyl (C=O) groups excluding carboxylic acids is 1. The van der Waals surface area contributed by atoms with Crippen LogP contribution in [0.3, 0.4) is 0 Å². The maximum Gasteiger partial charge on any atom is 0.335 e. The number of hydrogen-bond donors (Lipinski definition) is 4. The zero-order chi connectivity index (χ0) is 28.8. The van der Waals surface area contributed by atoms with Gasteiger partial charge in [0.2, 0.25) is 5.91 Å².